The quantitative estimate of drug-likeness (QED) is 0.330. The number of hydrogen-bond acceptors (Lipinski definition) is 6. The van der Waals surface area contributed by atoms with E-state index in [1.165, 1.54) is 16.7 Å². The van der Waals surface area contributed by atoms with Crippen molar-refractivity contribution in [2.24, 2.45) is 4.99 Å². The Morgan fingerprint density at radius 2 is 1.89 bits per heavy atom. The van der Waals surface area contributed by atoms with Crippen molar-refractivity contribution in [3.63, 3.8) is 0 Å². The minimum absolute atomic E-state index is 0.00102. The van der Waals surface area contributed by atoms with E-state index in [4.69, 9.17) is 10.5 Å². The fraction of sp³-hybridized carbons (Fsp3) is 0.259. The summed E-state index contributed by atoms with van der Waals surface area (Å²) in [6, 6.07) is 13.0. The second kappa shape index (κ2) is 12.1. The van der Waals surface area contributed by atoms with E-state index in [9.17, 15) is 13.6 Å². The largest absolute Gasteiger partial charge is 0.435 e. The first kappa shape index (κ1) is 26.6. The van der Waals surface area contributed by atoms with E-state index in [0.29, 0.717) is 40.5 Å². The summed E-state index contributed by atoms with van der Waals surface area (Å²) in [7, 11) is 1.64. The predicted octanol–water partition coefficient (Wildman–Crippen LogP) is 5.56. The molecule has 0 radical (unpaired) electrons. The Bertz CT molecular complexity index is 1300. The van der Waals surface area contributed by atoms with Gasteiger partial charge in [0.05, 0.1) is 5.69 Å². The van der Waals surface area contributed by atoms with Gasteiger partial charge in [-0.3, -0.25) is 14.4 Å². The van der Waals surface area contributed by atoms with Gasteiger partial charge >= 0.3 is 6.61 Å². The summed E-state index contributed by atoms with van der Waals surface area (Å²) >= 11 is 0. The lowest BCUT2D eigenvalue weighted by atomic mass is 10.0. The van der Waals surface area contributed by atoms with Crippen LogP contribution in [0, 0.1) is 0 Å². The summed E-state index contributed by atoms with van der Waals surface area (Å²) < 4.78 is 36.8. The Hall–Kier alpha value is -3.98. The van der Waals surface area contributed by atoms with Crippen molar-refractivity contribution in [2.75, 3.05) is 24.7 Å². The van der Waals surface area contributed by atoms with Crippen LogP contribution in [0.5, 0.6) is 5.75 Å². The van der Waals surface area contributed by atoms with Crippen LogP contribution in [0.3, 0.4) is 0 Å². The number of nitrogens with one attached hydrogen (secondary N) is 1. The molecular weight excluding hydrogens is 466 g/mol. The lowest BCUT2D eigenvalue weighted by Gasteiger charge is -2.26. The third kappa shape index (κ3) is 5.80. The molecule has 7 nitrogen and oxygen atoms in total. The number of pyridine rings is 1. The number of rotatable bonds is 7. The first-order chi connectivity index (χ1) is 17.4. The van der Waals surface area contributed by atoms with Gasteiger partial charge < -0.3 is 20.5 Å². The maximum absolute atomic E-state index is 13.8. The molecule has 1 aliphatic heterocycles. The van der Waals surface area contributed by atoms with Crippen molar-refractivity contribution in [1.82, 2.24) is 4.57 Å². The van der Waals surface area contributed by atoms with E-state index in [1.54, 1.807) is 49.7 Å². The molecule has 0 amide bonds. The van der Waals surface area contributed by atoms with Gasteiger partial charge in [-0.2, -0.15) is 8.78 Å². The van der Waals surface area contributed by atoms with Crippen LogP contribution in [0.2, 0.25) is 0 Å². The Morgan fingerprint density at radius 1 is 1.17 bits per heavy atom. The number of nitrogens with zero attached hydrogens (tertiary/aromatic N) is 2. The average Bonchev–Trinajstić information content (AvgIpc) is 2.87. The van der Waals surface area contributed by atoms with Crippen LogP contribution in [0.4, 0.5) is 20.3 Å². The van der Waals surface area contributed by atoms with Crippen LogP contribution in [-0.2, 0) is 4.74 Å². The van der Waals surface area contributed by atoms with Gasteiger partial charge in [0.2, 0.25) is 0 Å². The highest BCUT2D eigenvalue weighted by Crippen LogP contribution is 2.30. The van der Waals surface area contributed by atoms with E-state index in [0.717, 1.165) is 5.56 Å². The summed E-state index contributed by atoms with van der Waals surface area (Å²) in [5, 5.41) is 3.23. The fourth-order valence-corrected chi connectivity index (χ4v) is 3.79. The minimum atomic E-state index is -2.94. The number of hydrogen-bond donors (Lipinski definition) is 2. The maximum atomic E-state index is 13.8. The van der Waals surface area contributed by atoms with Crippen molar-refractivity contribution in [1.29, 1.82) is 0 Å². The molecule has 2 aromatic carbocycles. The molecule has 3 N–H and O–H groups in total. The molecule has 0 fully saturated rings. The van der Waals surface area contributed by atoms with Gasteiger partial charge in [-0.25, -0.2) is 0 Å². The van der Waals surface area contributed by atoms with Crippen molar-refractivity contribution in [3.8, 4) is 22.6 Å². The molecule has 0 bridgehead atoms. The molecule has 0 saturated heterocycles. The van der Waals surface area contributed by atoms with Gasteiger partial charge in [0.1, 0.15) is 17.8 Å². The highest BCUT2D eigenvalue weighted by atomic mass is 19.3. The zero-order valence-corrected chi connectivity index (χ0v) is 20.7. The molecule has 0 saturated carbocycles. The summed E-state index contributed by atoms with van der Waals surface area (Å²) in [5.74, 6) is 0.530. The average molecular weight is 497 g/mol. The Morgan fingerprint density at radius 3 is 2.53 bits per heavy atom. The number of ether oxygens (including phenoxy) is 2. The monoisotopic (exact) mass is 496 g/mol. The van der Waals surface area contributed by atoms with Crippen LogP contribution < -0.4 is 21.3 Å². The normalized spacial score (nSPS) is 14.2. The summed E-state index contributed by atoms with van der Waals surface area (Å²) in [6.07, 6.45) is 4.96. The topological polar surface area (TPSA) is 90.9 Å². The highest BCUT2D eigenvalue weighted by Gasteiger charge is 2.22. The van der Waals surface area contributed by atoms with Crippen LogP contribution in [0.15, 0.2) is 64.4 Å². The number of nitrogen functional groups attached to an aromatic ring is 1. The van der Waals surface area contributed by atoms with Crippen molar-refractivity contribution < 1.29 is 18.3 Å². The number of nitrogens with two attached hydrogens (primary N) is 1. The van der Waals surface area contributed by atoms with Gasteiger partial charge in [-0.15, -0.1) is 0 Å². The number of fused-ring (bicyclic) bond motifs is 1. The van der Waals surface area contributed by atoms with Gasteiger partial charge in [0, 0.05) is 42.2 Å². The molecule has 4 rings (SSSR count). The van der Waals surface area contributed by atoms with E-state index in [-0.39, 0.29) is 11.3 Å². The Kier molecular flexibility index (Phi) is 8.97. The van der Waals surface area contributed by atoms with Crippen molar-refractivity contribution in [3.05, 3.63) is 76.1 Å². The van der Waals surface area contributed by atoms with Gasteiger partial charge in [-0.05, 0) is 61.0 Å². The molecule has 1 aromatic heterocycles. The zero-order valence-electron chi connectivity index (χ0n) is 20.7. The van der Waals surface area contributed by atoms with E-state index in [1.807, 2.05) is 32.9 Å². The summed E-state index contributed by atoms with van der Waals surface area (Å²) in [4.78, 5) is 17.8. The third-order valence-electron chi connectivity index (χ3n) is 5.29. The smallest absolute Gasteiger partial charge is 0.387 e. The molecule has 190 valence electrons. The molecule has 36 heavy (non-hydrogen) atoms. The molecule has 3 aromatic rings. The standard InChI is InChI=1S/C25H24F2N4O3.C2H6/c1-3-33-22-11-5-16-13-20(15-4-10-21(28)17(12-15)14-29-2)24(32)31(23(16)30-22)18-6-8-19(9-7-18)34-25(26)27;1-2/h4-14,22,25,30H,3,28H2,1-2H3;1-2H3. The highest BCUT2D eigenvalue weighted by molar-refractivity contribution is 5.89. The molecule has 0 spiro atoms. The van der Waals surface area contributed by atoms with E-state index in [2.05, 4.69) is 15.0 Å². The van der Waals surface area contributed by atoms with E-state index < -0.39 is 12.8 Å². The number of benzene rings is 2. The van der Waals surface area contributed by atoms with Gasteiger partial charge in [-0.1, -0.05) is 26.0 Å². The molecule has 0 aliphatic carbocycles. The van der Waals surface area contributed by atoms with Crippen LogP contribution in [-0.4, -0.2) is 37.3 Å². The number of alkyl halides is 2. The Labute approximate surface area is 208 Å². The van der Waals surface area contributed by atoms with Crippen LogP contribution in [0.1, 0.15) is 31.9 Å². The first-order valence-corrected chi connectivity index (χ1v) is 11.6. The molecule has 9 heteroatoms. The molecule has 2 heterocycles. The van der Waals surface area contributed by atoms with E-state index >= 15 is 0 Å². The molecule has 1 unspecified atom stereocenters. The predicted molar refractivity (Wildman–Crippen MR) is 141 cm³/mol. The van der Waals surface area contributed by atoms with Crippen molar-refractivity contribution >= 4 is 23.8 Å². The molecule has 1 aliphatic rings. The lowest BCUT2D eigenvalue weighted by molar-refractivity contribution is -0.0498. The van der Waals surface area contributed by atoms with Crippen molar-refractivity contribution in [2.45, 2.75) is 33.6 Å². The summed E-state index contributed by atoms with van der Waals surface area (Å²) in [5.41, 5.74) is 9.34. The lowest BCUT2D eigenvalue weighted by Crippen LogP contribution is -2.31. The van der Waals surface area contributed by atoms with Gasteiger partial charge in [0.25, 0.3) is 5.56 Å². The number of anilines is 2. The minimum Gasteiger partial charge on any atom is -0.435 e. The third-order valence-corrected chi connectivity index (χ3v) is 5.29. The SMILES string of the molecule is CC.CCOC1C=Cc2cc(-c3ccc(N)c(C=NC)c3)c(=O)n(-c3ccc(OC(F)F)cc3)c2N1. The number of aromatic nitrogens is 1. The van der Waals surface area contributed by atoms with Gasteiger partial charge in [0.15, 0.2) is 0 Å². The zero-order chi connectivity index (χ0) is 26.2. The Balaban J connectivity index is 0.00000176. The second-order valence-corrected chi connectivity index (χ2v) is 7.49. The summed E-state index contributed by atoms with van der Waals surface area (Å²) in [6.45, 7) is 3.42. The fourth-order valence-electron chi connectivity index (χ4n) is 3.79. The molecular formula is C27H30F2N4O3. The second-order valence-electron chi connectivity index (χ2n) is 7.49. The van der Waals surface area contributed by atoms with Crippen LogP contribution in [0.25, 0.3) is 22.9 Å². The van der Waals surface area contributed by atoms with Crippen LogP contribution >= 0.6 is 0 Å². The maximum Gasteiger partial charge on any atom is 0.387 e. The first-order valence-electron chi connectivity index (χ1n) is 11.6. The number of halogens is 2. The molecule has 1 atom stereocenters. The number of aliphatic imine (C=N–C) groups is 1.